The third-order valence-electron chi connectivity index (χ3n) is 3.32. The molecule has 0 aromatic rings. The van der Waals surface area contributed by atoms with Gasteiger partial charge in [0.2, 0.25) is 11.8 Å². The molecule has 0 aromatic heterocycles. The second kappa shape index (κ2) is 11.0. The first-order chi connectivity index (χ1) is 11.1. The van der Waals surface area contributed by atoms with Crippen LogP contribution in [0.5, 0.6) is 0 Å². The van der Waals surface area contributed by atoms with Crippen molar-refractivity contribution in [1.82, 2.24) is 10.6 Å². The molecule has 2 amide bonds. The van der Waals surface area contributed by atoms with Gasteiger partial charge in [-0.05, 0) is 52.7 Å². The van der Waals surface area contributed by atoms with E-state index in [1.807, 2.05) is 27.7 Å². The van der Waals surface area contributed by atoms with Crippen molar-refractivity contribution in [3.8, 4) is 0 Å². The average molecular weight is 340 g/mol. The number of rotatable bonds is 13. The van der Waals surface area contributed by atoms with Gasteiger partial charge >= 0.3 is 0 Å². The monoisotopic (exact) mass is 340 g/mol. The van der Waals surface area contributed by atoms with E-state index in [-0.39, 0.29) is 17.4 Å². The molecule has 138 valence electrons. The third kappa shape index (κ3) is 11.8. The molecule has 0 saturated carbocycles. The highest BCUT2D eigenvalue weighted by Crippen LogP contribution is 2.19. The lowest BCUT2D eigenvalue weighted by Crippen LogP contribution is -2.39. The van der Waals surface area contributed by atoms with Crippen LogP contribution in [0.25, 0.3) is 0 Å². The van der Waals surface area contributed by atoms with Crippen molar-refractivity contribution < 1.29 is 19.1 Å². The number of nitrogens with one attached hydrogen (secondary N) is 2. The van der Waals surface area contributed by atoms with E-state index in [4.69, 9.17) is 9.47 Å². The van der Waals surface area contributed by atoms with Gasteiger partial charge < -0.3 is 20.1 Å². The summed E-state index contributed by atoms with van der Waals surface area (Å²) in [5.74, 6) is -0.360. The van der Waals surface area contributed by atoms with E-state index in [1.165, 1.54) is 12.2 Å². The fourth-order valence-electron chi connectivity index (χ4n) is 1.75. The van der Waals surface area contributed by atoms with Crippen molar-refractivity contribution in [3.63, 3.8) is 0 Å². The molecule has 0 fully saturated rings. The lowest BCUT2D eigenvalue weighted by molar-refractivity contribution is -0.124. The predicted molar refractivity (Wildman–Crippen MR) is 95.7 cm³/mol. The van der Waals surface area contributed by atoms with Crippen molar-refractivity contribution >= 4 is 11.8 Å². The van der Waals surface area contributed by atoms with Crippen LogP contribution in [0.2, 0.25) is 0 Å². The Bertz CT molecular complexity index is 431. The molecule has 0 aromatic carbocycles. The topological polar surface area (TPSA) is 76.7 Å². The number of hydrogen-bond donors (Lipinski definition) is 2. The van der Waals surface area contributed by atoms with Crippen molar-refractivity contribution in [2.75, 3.05) is 26.3 Å². The summed E-state index contributed by atoms with van der Waals surface area (Å²) < 4.78 is 11.8. The van der Waals surface area contributed by atoms with Gasteiger partial charge in [-0.3, -0.25) is 9.59 Å². The second-order valence-corrected chi connectivity index (χ2v) is 6.75. The number of ether oxygens (including phenoxy) is 2. The number of hydrogen-bond acceptors (Lipinski definition) is 4. The highest BCUT2D eigenvalue weighted by atomic mass is 16.6. The van der Waals surface area contributed by atoms with Crippen LogP contribution in [0, 0.1) is 0 Å². The van der Waals surface area contributed by atoms with Crippen LogP contribution in [0.3, 0.4) is 0 Å². The maximum Gasteiger partial charge on any atom is 0.243 e. The zero-order chi connectivity index (χ0) is 18.6. The van der Waals surface area contributed by atoms with E-state index in [1.54, 1.807) is 0 Å². The molecule has 0 spiro atoms. The molecule has 0 atom stereocenters. The minimum Gasteiger partial charge on any atom is -0.373 e. The Balaban J connectivity index is 3.98. The minimum absolute atomic E-state index is 0.178. The van der Waals surface area contributed by atoms with Gasteiger partial charge in [-0.15, -0.1) is 0 Å². The van der Waals surface area contributed by atoms with Gasteiger partial charge in [0.25, 0.3) is 0 Å². The average Bonchev–Trinajstić information content (AvgIpc) is 2.52. The second-order valence-electron chi connectivity index (χ2n) is 6.75. The van der Waals surface area contributed by atoms with Crippen LogP contribution in [-0.4, -0.2) is 49.3 Å². The van der Waals surface area contributed by atoms with E-state index in [2.05, 4.69) is 23.8 Å². The molecule has 6 heteroatoms. The van der Waals surface area contributed by atoms with E-state index < -0.39 is 5.60 Å². The molecule has 0 bridgehead atoms. The van der Waals surface area contributed by atoms with E-state index in [9.17, 15) is 9.59 Å². The van der Waals surface area contributed by atoms with Crippen LogP contribution < -0.4 is 10.6 Å². The molecule has 0 radical (unpaired) electrons. The summed E-state index contributed by atoms with van der Waals surface area (Å²) in [4.78, 5) is 22.1. The first kappa shape index (κ1) is 22.3. The maximum atomic E-state index is 11.1. The number of amides is 2. The van der Waals surface area contributed by atoms with Gasteiger partial charge in [0, 0.05) is 19.7 Å². The summed E-state index contributed by atoms with van der Waals surface area (Å²) in [6.45, 7) is 16.7. The Morgan fingerprint density at radius 1 is 0.917 bits per heavy atom. The molecule has 0 unspecified atom stereocenters. The normalized spacial score (nSPS) is 11.7. The summed E-state index contributed by atoms with van der Waals surface area (Å²) in [5, 5.41) is 5.44. The Morgan fingerprint density at radius 3 is 2.00 bits per heavy atom. The lowest BCUT2D eigenvalue weighted by Gasteiger charge is -2.32. The molecule has 2 N–H and O–H groups in total. The smallest absolute Gasteiger partial charge is 0.243 e. The zero-order valence-corrected chi connectivity index (χ0v) is 15.4. The fourth-order valence-corrected chi connectivity index (χ4v) is 1.75. The van der Waals surface area contributed by atoms with Gasteiger partial charge in [0.1, 0.15) is 0 Å². The Labute approximate surface area is 145 Å². The standard InChI is InChI=1S/C18H32N2O4/c1-7-15(21)19-11-9-13-23-18(5,6)14-24-17(3,4)10-12-20-16(22)8-2/h7-8H,1-2,9-14H2,3-6H3,(H,19,21)(H,20,22). The predicted octanol–water partition coefficient (Wildman–Crippen LogP) is 1.96. The number of carbonyl (C=O) groups is 2. The van der Waals surface area contributed by atoms with Crippen molar-refractivity contribution in [3.05, 3.63) is 25.3 Å². The zero-order valence-electron chi connectivity index (χ0n) is 15.4. The van der Waals surface area contributed by atoms with Crippen molar-refractivity contribution in [2.24, 2.45) is 0 Å². The SMILES string of the molecule is C=CC(=O)NCCCOC(C)(C)COC(C)(C)CCNC(=O)C=C. The minimum atomic E-state index is -0.427. The molecule has 0 rings (SSSR count). The summed E-state index contributed by atoms with van der Waals surface area (Å²) in [6, 6.07) is 0. The lowest BCUT2D eigenvalue weighted by atomic mass is 10.0. The molecule has 0 heterocycles. The van der Waals surface area contributed by atoms with Crippen molar-refractivity contribution in [2.45, 2.75) is 51.7 Å². The summed E-state index contributed by atoms with van der Waals surface area (Å²) in [7, 11) is 0. The van der Waals surface area contributed by atoms with Crippen molar-refractivity contribution in [1.29, 1.82) is 0 Å². The molecule has 0 aliphatic heterocycles. The molecular formula is C18H32N2O4. The van der Waals surface area contributed by atoms with E-state index in [0.29, 0.717) is 32.7 Å². The number of carbonyl (C=O) groups excluding carboxylic acids is 2. The highest BCUT2D eigenvalue weighted by Gasteiger charge is 2.25. The molecule has 24 heavy (non-hydrogen) atoms. The highest BCUT2D eigenvalue weighted by molar-refractivity contribution is 5.87. The Morgan fingerprint density at radius 2 is 1.46 bits per heavy atom. The van der Waals surface area contributed by atoms with Gasteiger partial charge in [-0.25, -0.2) is 0 Å². The van der Waals surface area contributed by atoms with E-state index in [0.717, 1.165) is 6.42 Å². The Hall–Kier alpha value is -1.66. The molecule has 0 saturated heterocycles. The van der Waals surface area contributed by atoms with Crippen LogP contribution in [0.4, 0.5) is 0 Å². The summed E-state index contributed by atoms with van der Waals surface area (Å²) in [5.41, 5.74) is -0.795. The molecule has 6 nitrogen and oxygen atoms in total. The third-order valence-corrected chi connectivity index (χ3v) is 3.32. The van der Waals surface area contributed by atoms with Gasteiger partial charge in [0.15, 0.2) is 0 Å². The van der Waals surface area contributed by atoms with Gasteiger partial charge in [0.05, 0.1) is 17.8 Å². The van der Waals surface area contributed by atoms with Gasteiger partial charge in [-0.2, -0.15) is 0 Å². The quantitative estimate of drug-likeness (QED) is 0.397. The van der Waals surface area contributed by atoms with Gasteiger partial charge in [-0.1, -0.05) is 13.2 Å². The van der Waals surface area contributed by atoms with E-state index >= 15 is 0 Å². The molecular weight excluding hydrogens is 308 g/mol. The van der Waals surface area contributed by atoms with Crippen LogP contribution in [0.15, 0.2) is 25.3 Å². The molecule has 0 aliphatic carbocycles. The first-order valence-corrected chi connectivity index (χ1v) is 8.20. The molecule has 0 aliphatic rings. The summed E-state index contributed by atoms with van der Waals surface area (Å²) >= 11 is 0. The van der Waals surface area contributed by atoms with Crippen LogP contribution in [0.1, 0.15) is 40.5 Å². The van der Waals surface area contributed by atoms with Crippen LogP contribution in [-0.2, 0) is 19.1 Å². The Kier molecular flexibility index (Phi) is 10.2. The first-order valence-electron chi connectivity index (χ1n) is 8.20. The largest absolute Gasteiger partial charge is 0.373 e. The fraction of sp³-hybridized carbons (Fsp3) is 0.667. The van der Waals surface area contributed by atoms with Crippen LogP contribution >= 0.6 is 0 Å². The summed E-state index contributed by atoms with van der Waals surface area (Å²) in [6.07, 6.45) is 3.91. The maximum absolute atomic E-state index is 11.1.